The summed E-state index contributed by atoms with van der Waals surface area (Å²) in [5, 5.41) is 9.69. The number of hydrogen-bond acceptors (Lipinski definition) is 5. The van der Waals surface area contributed by atoms with Crippen LogP contribution in [0.2, 0.25) is 0 Å². The first-order chi connectivity index (χ1) is 12.8. The summed E-state index contributed by atoms with van der Waals surface area (Å²) in [5.41, 5.74) is 1.24. The zero-order valence-electron chi connectivity index (χ0n) is 14.9. The Morgan fingerprint density at radius 1 is 1.19 bits per heavy atom. The van der Waals surface area contributed by atoms with E-state index in [4.69, 9.17) is 0 Å². The number of anilines is 1. The van der Waals surface area contributed by atoms with Gasteiger partial charge in [-0.15, -0.1) is 11.3 Å². The Kier molecular flexibility index (Phi) is 5.67. The summed E-state index contributed by atoms with van der Waals surface area (Å²) < 4.78 is 23.5. The van der Waals surface area contributed by atoms with Crippen LogP contribution >= 0.6 is 11.3 Å². The van der Waals surface area contributed by atoms with Crippen molar-refractivity contribution in [3.63, 3.8) is 0 Å². The Morgan fingerprint density at radius 2 is 1.81 bits per heavy atom. The average Bonchev–Trinajstić information content (AvgIpc) is 3.09. The number of rotatable bonds is 5. The third-order valence-electron chi connectivity index (χ3n) is 4.69. The van der Waals surface area contributed by atoms with Gasteiger partial charge in [-0.05, 0) is 24.5 Å². The van der Waals surface area contributed by atoms with Crippen molar-refractivity contribution in [3.05, 3.63) is 41.3 Å². The molecule has 0 radical (unpaired) electrons. The number of carboxylic acid groups (broad SMARTS) is 1. The van der Waals surface area contributed by atoms with Crippen LogP contribution in [0.3, 0.4) is 0 Å². The molecule has 2 heterocycles. The molecule has 27 heavy (non-hydrogen) atoms. The summed E-state index contributed by atoms with van der Waals surface area (Å²) in [7, 11) is -3.08. The van der Waals surface area contributed by atoms with E-state index in [0.29, 0.717) is 18.5 Å². The summed E-state index contributed by atoms with van der Waals surface area (Å²) in [5.74, 6) is -1.25. The van der Waals surface area contributed by atoms with Crippen LogP contribution in [0, 0.1) is 0 Å². The van der Waals surface area contributed by atoms with Gasteiger partial charge in [-0.25, -0.2) is 13.2 Å². The zero-order valence-corrected chi connectivity index (χ0v) is 16.6. The lowest BCUT2D eigenvalue weighted by Gasteiger charge is -2.34. The lowest BCUT2D eigenvalue weighted by atomic mass is 10.1. The highest BCUT2D eigenvalue weighted by Crippen LogP contribution is 2.39. The van der Waals surface area contributed by atoms with E-state index in [1.807, 2.05) is 30.3 Å². The number of carbonyl (C=O) groups is 2. The lowest BCUT2D eigenvalue weighted by molar-refractivity contribution is -0.118. The Bertz CT molecular complexity index is 936. The molecule has 1 aromatic carbocycles. The molecule has 0 bridgehead atoms. The van der Waals surface area contributed by atoms with Gasteiger partial charge < -0.3 is 10.0 Å². The van der Waals surface area contributed by atoms with E-state index in [0.717, 1.165) is 21.8 Å². The first kappa shape index (κ1) is 19.6. The number of thiophene rings is 1. The zero-order chi connectivity index (χ0) is 19.6. The van der Waals surface area contributed by atoms with Crippen molar-refractivity contribution in [2.75, 3.05) is 16.4 Å². The molecule has 6 nitrogen and oxygen atoms in total. The van der Waals surface area contributed by atoms with E-state index in [-0.39, 0.29) is 34.8 Å². The summed E-state index contributed by atoms with van der Waals surface area (Å²) >= 11 is 1.13. The van der Waals surface area contributed by atoms with Gasteiger partial charge in [0, 0.05) is 17.3 Å². The van der Waals surface area contributed by atoms with Crippen LogP contribution in [0.15, 0.2) is 36.4 Å². The first-order valence-electron chi connectivity index (χ1n) is 8.77. The summed E-state index contributed by atoms with van der Waals surface area (Å²) in [6.45, 7) is 1.72. The monoisotopic (exact) mass is 407 g/mol. The molecular formula is C19H21NO5S2. The van der Waals surface area contributed by atoms with Crippen LogP contribution in [0.1, 0.15) is 35.9 Å². The molecule has 2 aromatic rings. The normalized spacial score (nSPS) is 16.8. The van der Waals surface area contributed by atoms with Crippen molar-refractivity contribution in [2.45, 2.75) is 32.2 Å². The van der Waals surface area contributed by atoms with Gasteiger partial charge >= 0.3 is 5.97 Å². The van der Waals surface area contributed by atoms with Crippen LogP contribution < -0.4 is 4.90 Å². The molecule has 144 valence electrons. The highest BCUT2D eigenvalue weighted by molar-refractivity contribution is 7.91. The first-order valence-corrected chi connectivity index (χ1v) is 11.4. The Labute approximate surface area is 162 Å². The molecule has 0 spiro atoms. The molecule has 1 saturated heterocycles. The van der Waals surface area contributed by atoms with Gasteiger partial charge in [0.25, 0.3) is 0 Å². The van der Waals surface area contributed by atoms with Gasteiger partial charge in [0.15, 0.2) is 0 Å². The van der Waals surface area contributed by atoms with Gasteiger partial charge in [0.2, 0.25) is 5.91 Å². The third-order valence-corrected chi connectivity index (χ3v) is 7.56. The predicted octanol–water partition coefficient (Wildman–Crippen LogP) is 3.43. The summed E-state index contributed by atoms with van der Waals surface area (Å²) in [6, 6.07) is 10.8. The predicted molar refractivity (Wildman–Crippen MR) is 106 cm³/mol. The molecule has 1 N–H and O–H groups in total. The molecule has 1 aliphatic heterocycles. The van der Waals surface area contributed by atoms with Crippen molar-refractivity contribution in [1.29, 1.82) is 0 Å². The van der Waals surface area contributed by atoms with E-state index in [9.17, 15) is 23.1 Å². The molecule has 0 atom stereocenters. The molecule has 0 unspecified atom stereocenters. The van der Waals surface area contributed by atoms with Gasteiger partial charge in [-0.1, -0.05) is 37.3 Å². The van der Waals surface area contributed by atoms with Crippen molar-refractivity contribution in [1.82, 2.24) is 0 Å². The standard InChI is InChI=1S/C19H21NO5S2/c1-2-17(21)20(14-8-10-27(24,25)11-9-14)15-12-16(26-18(15)19(22)23)13-6-4-3-5-7-13/h3-7,12,14H,2,8-11H2,1H3,(H,22,23). The van der Waals surface area contributed by atoms with E-state index < -0.39 is 15.8 Å². The van der Waals surface area contributed by atoms with E-state index in [2.05, 4.69) is 0 Å². The topological polar surface area (TPSA) is 91.8 Å². The highest BCUT2D eigenvalue weighted by Gasteiger charge is 2.34. The molecule has 1 amide bonds. The maximum absolute atomic E-state index is 12.7. The molecule has 1 aliphatic rings. The number of carbonyl (C=O) groups excluding carboxylic acids is 1. The second kappa shape index (κ2) is 7.82. The fourth-order valence-electron chi connectivity index (χ4n) is 3.30. The Hall–Kier alpha value is -2.19. The minimum Gasteiger partial charge on any atom is -0.477 e. The van der Waals surface area contributed by atoms with Gasteiger partial charge in [0.1, 0.15) is 14.7 Å². The van der Waals surface area contributed by atoms with Gasteiger partial charge in [-0.3, -0.25) is 4.79 Å². The number of sulfone groups is 1. The number of aromatic carboxylic acids is 1. The van der Waals surface area contributed by atoms with Crippen LogP contribution in [0.5, 0.6) is 0 Å². The summed E-state index contributed by atoms with van der Waals surface area (Å²) in [6.07, 6.45) is 0.867. The number of benzene rings is 1. The van der Waals surface area contributed by atoms with Gasteiger partial charge in [0.05, 0.1) is 17.2 Å². The van der Waals surface area contributed by atoms with Crippen molar-refractivity contribution < 1.29 is 23.1 Å². The Balaban J connectivity index is 2.05. The SMILES string of the molecule is CCC(=O)N(c1cc(-c2ccccc2)sc1C(=O)O)C1CCS(=O)(=O)CC1. The van der Waals surface area contributed by atoms with Crippen molar-refractivity contribution in [3.8, 4) is 10.4 Å². The van der Waals surface area contributed by atoms with Gasteiger partial charge in [-0.2, -0.15) is 0 Å². The minimum atomic E-state index is -3.08. The molecule has 0 aliphatic carbocycles. The summed E-state index contributed by atoms with van der Waals surface area (Å²) in [4.78, 5) is 26.9. The van der Waals surface area contributed by atoms with Crippen LogP contribution in [-0.2, 0) is 14.6 Å². The second-order valence-corrected chi connectivity index (χ2v) is 9.85. The van der Waals surface area contributed by atoms with E-state index in [1.54, 1.807) is 13.0 Å². The Morgan fingerprint density at radius 3 is 2.37 bits per heavy atom. The quantitative estimate of drug-likeness (QED) is 0.820. The average molecular weight is 408 g/mol. The number of hydrogen-bond donors (Lipinski definition) is 1. The largest absolute Gasteiger partial charge is 0.477 e. The van der Waals surface area contributed by atoms with E-state index >= 15 is 0 Å². The van der Waals surface area contributed by atoms with Crippen LogP contribution in [0.4, 0.5) is 5.69 Å². The maximum Gasteiger partial charge on any atom is 0.348 e. The smallest absolute Gasteiger partial charge is 0.348 e. The van der Waals surface area contributed by atoms with Crippen LogP contribution in [0.25, 0.3) is 10.4 Å². The van der Waals surface area contributed by atoms with E-state index in [1.165, 1.54) is 4.90 Å². The second-order valence-electron chi connectivity index (χ2n) is 6.50. The maximum atomic E-state index is 12.7. The molecule has 1 aromatic heterocycles. The highest BCUT2D eigenvalue weighted by atomic mass is 32.2. The molecule has 0 saturated carbocycles. The number of nitrogens with zero attached hydrogens (tertiary/aromatic N) is 1. The third kappa shape index (κ3) is 4.22. The molecule has 1 fully saturated rings. The van der Waals surface area contributed by atoms with Crippen molar-refractivity contribution in [2.24, 2.45) is 0 Å². The minimum absolute atomic E-state index is 0.0171. The number of carboxylic acids is 1. The molecule has 8 heteroatoms. The fourth-order valence-corrected chi connectivity index (χ4v) is 5.76. The lowest BCUT2D eigenvalue weighted by Crippen LogP contribution is -2.45. The van der Waals surface area contributed by atoms with Crippen molar-refractivity contribution >= 4 is 38.7 Å². The fraction of sp³-hybridized carbons (Fsp3) is 0.368. The van der Waals surface area contributed by atoms with Crippen LogP contribution in [-0.4, -0.2) is 42.9 Å². The molecular weight excluding hydrogens is 386 g/mol. The number of amides is 1. The molecule has 3 rings (SSSR count).